The van der Waals surface area contributed by atoms with Crippen molar-refractivity contribution in [2.75, 3.05) is 13.2 Å². The van der Waals surface area contributed by atoms with Crippen molar-refractivity contribution in [3.8, 4) is 0 Å². The maximum Gasteiger partial charge on any atom is 0.160 e. The van der Waals surface area contributed by atoms with E-state index < -0.39 is 6.10 Å². The van der Waals surface area contributed by atoms with Crippen molar-refractivity contribution in [3.63, 3.8) is 0 Å². The van der Waals surface area contributed by atoms with Gasteiger partial charge in [0.2, 0.25) is 0 Å². The molecule has 1 heterocycles. The molecule has 0 amide bonds. The lowest BCUT2D eigenvalue weighted by atomic mass is 9.92. The number of aliphatic hydroxyl groups excluding tert-OH is 1. The second-order valence-corrected chi connectivity index (χ2v) is 4.01. The van der Waals surface area contributed by atoms with Gasteiger partial charge in [0.15, 0.2) is 6.29 Å². The Bertz CT molecular complexity index is 139. The van der Waals surface area contributed by atoms with Crippen LogP contribution in [0.25, 0.3) is 0 Å². The fraction of sp³-hybridized carbons (Fsp3) is 1.00. The van der Waals surface area contributed by atoms with E-state index in [9.17, 15) is 5.11 Å². The van der Waals surface area contributed by atoms with Gasteiger partial charge in [0.1, 0.15) is 6.10 Å². The fourth-order valence-corrected chi connectivity index (χ4v) is 1.73. The van der Waals surface area contributed by atoms with Crippen molar-refractivity contribution in [1.82, 2.24) is 0 Å². The van der Waals surface area contributed by atoms with Crippen LogP contribution in [0.4, 0.5) is 0 Å². The van der Waals surface area contributed by atoms with E-state index in [1.807, 2.05) is 0 Å². The molecule has 0 aromatic rings. The molecule has 1 atom stereocenters. The quantitative estimate of drug-likeness (QED) is 0.727. The second kappa shape index (κ2) is 4.94. The second-order valence-electron chi connectivity index (χ2n) is 4.01. The Balaban J connectivity index is 2.41. The summed E-state index contributed by atoms with van der Waals surface area (Å²) in [6.07, 6.45) is 0.493. The first-order valence-corrected chi connectivity index (χ1v) is 5.06. The molecule has 3 nitrogen and oxygen atoms in total. The van der Waals surface area contributed by atoms with E-state index in [1.165, 1.54) is 0 Å². The van der Waals surface area contributed by atoms with Crippen molar-refractivity contribution in [2.24, 2.45) is 11.8 Å². The van der Waals surface area contributed by atoms with Gasteiger partial charge in [-0.05, 0) is 12.3 Å². The van der Waals surface area contributed by atoms with Gasteiger partial charge in [-0.25, -0.2) is 0 Å². The van der Waals surface area contributed by atoms with E-state index in [2.05, 4.69) is 20.8 Å². The summed E-state index contributed by atoms with van der Waals surface area (Å²) in [5.74, 6) is 0.998. The van der Waals surface area contributed by atoms with Crippen LogP contribution in [0.2, 0.25) is 0 Å². The van der Waals surface area contributed by atoms with Gasteiger partial charge in [0, 0.05) is 5.92 Å². The average molecular weight is 188 g/mol. The molecule has 1 saturated heterocycles. The van der Waals surface area contributed by atoms with Crippen LogP contribution in [-0.2, 0) is 9.47 Å². The molecule has 13 heavy (non-hydrogen) atoms. The molecular formula is C10H20O3. The van der Waals surface area contributed by atoms with Crippen LogP contribution in [0.5, 0.6) is 0 Å². The smallest absolute Gasteiger partial charge is 0.160 e. The Morgan fingerprint density at radius 1 is 1.31 bits per heavy atom. The van der Waals surface area contributed by atoms with Gasteiger partial charge in [-0.3, -0.25) is 0 Å². The maximum absolute atomic E-state index is 9.17. The van der Waals surface area contributed by atoms with Crippen molar-refractivity contribution < 1.29 is 14.6 Å². The highest BCUT2D eigenvalue weighted by Crippen LogP contribution is 2.24. The first kappa shape index (κ1) is 11.0. The van der Waals surface area contributed by atoms with Gasteiger partial charge >= 0.3 is 0 Å². The maximum atomic E-state index is 9.17. The number of aliphatic hydroxyl groups is 1. The molecule has 1 fully saturated rings. The van der Waals surface area contributed by atoms with Crippen LogP contribution in [-0.4, -0.2) is 30.7 Å². The zero-order valence-corrected chi connectivity index (χ0v) is 8.69. The fourth-order valence-electron chi connectivity index (χ4n) is 1.73. The topological polar surface area (TPSA) is 38.7 Å². The predicted octanol–water partition coefficient (Wildman–Crippen LogP) is 1.40. The molecule has 1 N–H and O–H groups in total. The molecule has 1 rings (SSSR count). The summed E-state index contributed by atoms with van der Waals surface area (Å²) in [5, 5.41) is 9.17. The molecule has 0 saturated carbocycles. The molecule has 3 heteroatoms. The minimum Gasteiger partial charge on any atom is -0.388 e. The van der Waals surface area contributed by atoms with Crippen LogP contribution in [0.15, 0.2) is 0 Å². The summed E-state index contributed by atoms with van der Waals surface area (Å²) in [7, 11) is 0. The molecule has 1 aliphatic rings. The van der Waals surface area contributed by atoms with Gasteiger partial charge in [0.25, 0.3) is 0 Å². The molecule has 1 aliphatic heterocycles. The highest BCUT2D eigenvalue weighted by atomic mass is 16.7. The highest BCUT2D eigenvalue weighted by Gasteiger charge is 2.29. The molecule has 0 aromatic heterocycles. The zero-order chi connectivity index (χ0) is 9.84. The first-order valence-electron chi connectivity index (χ1n) is 5.06. The van der Waals surface area contributed by atoms with Crippen LogP contribution in [0.3, 0.4) is 0 Å². The lowest BCUT2D eigenvalue weighted by molar-refractivity contribution is -0.243. The zero-order valence-electron chi connectivity index (χ0n) is 8.69. The largest absolute Gasteiger partial charge is 0.388 e. The minimum atomic E-state index is -0.444. The molecule has 1 unspecified atom stereocenters. The van der Waals surface area contributed by atoms with E-state index >= 15 is 0 Å². The third-order valence-corrected chi connectivity index (χ3v) is 2.58. The predicted molar refractivity (Wildman–Crippen MR) is 50.3 cm³/mol. The van der Waals surface area contributed by atoms with Gasteiger partial charge in [-0.2, -0.15) is 0 Å². The Morgan fingerprint density at radius 3 is 2.23 bits per heavy atom. The van der Waals surface area contributed by atoms with E-state index in [0.717, 1.165) is 6.42 Å². The molecule has 0 aliphatic carbocycles. The van der Waals surface area contributed by atoms with E-state index in [1.54, 1.807) is 0 Å². The number of rotatable bonds is 3. The minimum absolute atomic E-state index is 0.117. The molecule has 0 spiro atoms. The summed E-state index contributed by atoms with van der Waals surface area (Å²) < 4.78 is 10.9. The number of ether oxygens (including phenoxy) is 2. The van der Waals surface area contributed by atoms with Crippen molar-refractivity contribution in [1.29, 1.82) is 0 Å². The molecular weight excluding hydrogens is 168 g/mol. The van der Waals surface area contributed by atoms with Crippen LogP contribution >= 0.6 is 0 Å². The van der Waals surface area contributed by atoms with Crippen molar-refractivity contribution >= 4 is 0 Å². The van der Waals surface area contributed by atoms with Crippen LogP contribution in [0, 0.1) is 11.8 Å². The van der Waals surface area contributed by atoms with Gasteiger partial charge in [0.05, 0.1) is 13.2 Å². The van der Waals surface area contributed by atoms with E-state index in [0.29, 0.717) is 25.0 Å². The van der Waals surface area contributed by atoms with Crippen LogP contribution < -0.4 is 0 Å². The highest BCUT2D eigenvalue weighted by molar-refractivity contribution is 4.69. The Hall–Kier alpha value is -0.120. The SMILES string of the molecule is CCC(C(C)C)C1OCC(O)CO1. The monoisotopic (exact) mass is 188 g/mol. The van der Waals surface area contributed by atoms with Crippen LogP contribution in [0.1, 0.15) is 27.2 Å². The third-order valence-electron chi connectivity index (χ3n) is 2.58. The summed E-state index contributed by atoms with van der Waals surface area (Å²) in [5.41, 5.74) is 0. The Kier molecular flexibility index (Phi) is 4.16. The van der Waals surface area contributed by atoms with Gasteiger partial charge in [-0.1, -0.05) is 20.8 Å². The molecule has 0 bridgehead atoms. The number of hydrogen-bond donors (Lipinski definition) is 1. The van der Waals surface area contributed by atoms with E-state index in [-0.39, 0.29) is 6.29 Å². The molecule has 78 valence electrons. The summed E-state index contributed by atoms with van der Waals surface area (Å²) in [6, 6.07) is 0. The lowest BCUT2D eigenvalue weighted by Crippen LogP contribution is -2.41. The van der Waals surface area contributed by atoms with Crippen molar-refractivity contribution in [3.05, 3.63) is 0 Å². The molecule has 0 aromatic carbocycles. The molecule has 0 radical (unpaired) electrons. The van der Waals surface area contributed by atoms with Crippen molar-refractivity contribution in [2.45, 2.75) is 39.6 Å². The van der Waals surface area contributed by atoms with E-state index in [4.69, 9.17) is 9.47 Å². The Labute approximate surface area is 80.0 Å². The summed E-state index contributed by atoms with van der Waals surface area (Å²) in [4.78, 5) is 0. The summed E-state index contributed by atoms with van der Waals surface area (Å²) in [6.45, 7) is 7.31. The number of hydrogen-bond acceptors (Lipinski definition) is 3. The van der Waals surface area contributed by atoms with Gasteiger partial charge in [-0.15, -0.1) is 0 Å². The van der Waals surface area contributed by atoms with Gasteiger partial charge < -0.3 is 14.6 Å². The third kappa shape index (κ3) is 2.93. The first-order chi connectivity index (χ1) is 6.15. The lowest BCUT2D eigenvalue weighted by Gasteiger charge is -2.33. The summed E-state index contributed by atoms with van der Waals surface area (Å²) >= 11 is 0. The standard InChI is InChI=1S/C10H20O3/c1-4-9(7(2)3)10-12-5-8(11)6-13-10/h7-11H,4-6H2,1-3H3. The Morgan fingerprint density at radius 2 is 1.85 bits per heavy atom. The normalized spacial score (nSPS) is 32.1. The average Bonchev–Trinajstić information content (AvgIpc) is 2.09.